The molecule has 0 saturated heterocycles. The molecular formula is C59H37N3O. The molecule has 4 nitrogen and oxygen atoms in total. The molecule has 0 saturated carbocycles. The van der Waals surface area contributed by atoms with Gasteiger partial charge < -0.3 is 8.98 Å². The van der Waals surface area contributed by atoms with Gasteiger partial charge in [0.15, 0.2) is 0 Å². The lowest BCUT2D eigenvalue weighted by Gasteiger charge is -2.13. The fourth-order valence-electron chi connectivity index (χ4n) is 9.72. The molecule has 4 heterocycles. The van der Waals surface area contributed by atoms with E-state index in [-0.39, 0.29) is 0 Å². The van der Waals surface area contributed by atoms with Crippen LogP contribution in [0, 0.1) is 0 Å². The summed E-state index contributed by atoms with van der Waals surface area (Å²) in [6, 6.07) is 80.5. The number of benzene rings is 9. The second-order valence-electron chi connectivity index (χ2n) is 16.4. The van der Waals surface area contributed by atoms with Gasteiger partial charge >= 0.3 is 0 Å². The first-order valence-corrected chi connectivity index (χ1v) is 21.4. The normalized spacial score (nSPS) is 11.8. The van der Waals surface area contributed by atoms with E-state index in [1.165, 1.54) is 21.8 Å². The molecule has 0 atom stereocenters. The predicted molar refractivity (Wildman–Crippen MR) is 262 cm³/mol. The lowest BCUT2D eigenvalue weighted by atomic mass is 9.99. The highest BCUT2D eigenvalue weighted by molar-refractivity contribution is 6.14. The molecule has 4 heteroatoms. The number of nitrogens with zero attached hydrogens (tertiary/aromatic N) is 3. The van der Waals surface area contributed by atoms with Crippen molar-refractivity contribution in [3.8, 4) is 56.1 Å². The Hall–Kier alpha value is -8.47. The molecule has 9 aromatic carbocycles. The molecule has 0 aliphatic rings. The first-order chi connectivity index (χ1) is 31.2. The number of hydrogen-bond donors (Lipinski definition) is 0. The van der Waals surface area contributed by atoms with Crippen LogP contribution in [-0.4, -0.2) is 14.1 Å². The largest absolute Gasteiger partial charge is 0.456 e. The van der Waals surface area contributed by atoms with Crippen molar-refractivity contribution in [2.75, 3.05) is 0 Å². The van der Waals surface area contributed by atoms with Gasteiger partial charge in [-0.25, -0.2) is 4.98 Å². The van der Waals surface area contributed by atoms with Crippen LogP contribution in [0.1, 0.15) is 0 Å². The van der Waals surface area contributed by atoms with Gasteiger partial charge in [-0.3, -0.25) is 4.57 Å². The van der Waals surface area contributed by atoms with Crippen molar-refractivity contribution in [1.82, 2.24) is 14.1 Å². The Bertz CT molecular complexity index is 3840. The molecule has 0 fully saturated rings. The van der Waals surface area contributed by atoms with E-state index in [0.717, 1.165) is 99.9 Å². The zero-order valence-electron chi connectivity index (χ0n) is 34.1. The van der Waals surface area contributed by atoms with Gasteiger partial charge in [-0.2, -0.15) is 0 Å². The SMILES string of the molecule is c1ccc(-c2cc(-c3ccccc3)nc(-n3c4ccc(-c5ccc6oc7ccccc7c6c5)cc4c4cc(-c5ccc6c7ccccc7n(-c7ccccc7)c6c5)ccc43)c2)cc1. The molecule has 0 spiro atoms. The van der Waals surface area contributed by atoms with Crippen LogP contribution in [0.2, 0.25) is 0 Å². The molecule has 13 rings (SSSR count). The molecule has 0 amide bonds. The molecule has 0 aliphatic heterocycles. The van der Waals surface area contributed by atoms with E-state index in [0.29, 0.717) is 0 Å². The van der Waals surface area contributed by atoms with Gasteiger partial charge in [-0.05, 0) is 112 Å². The van der Waals surface area contributed by atoms with Gasteiger partial charge in [0.2, 0.25) is 0 Å². The zero-order valence-corrected chi connectivity index (χ0v) is 34.1. The van der Waals surface area contributed by atoms with Crippen molar-refractivity contribution in [3.05, 3.63) is 224 Å². The Labute approximate surface area is 363 Å². The van der Waals surface area contributed by atoms with Crippen LogP contribution in [0.4, 0.5) is 0 Å². The van der Waals surface area contributed by atoms with Crippen molar-refractivity contribution in [2.24, 2.45) is 0 Å². The molecule has 0 radical (unpaired) electrons. The Morgan fingerprint density at radius 2 is 0.810 bits per heavy atom. The van der Waals surface area contributed by atoms with Gasteiger partial charge in [0, 0.05) is 43.6 Å². The molecule has 63 heavy (non-hydrogen) atoms. The number of rotatable bonds is 6. The monoisotopic (exact) mass is 803 g/mol. The highest BCUT2D eigenvalue weighted by Crippen LogP contribution is 2.41. The minimum absolute atomic E-state index is 0.871. The van der Waals surface area contributed by atoms with Crippen LogP contribution in [-0.2, 0) is 0 Å². The van der Waals surface area contributed by atoms with Crippen LogP contribution in [0.25, 0.3) is 122 Å². The third-order valence-electron chi connectivity index (χ3n) is 12.7. The van der Waals surface area contributed by atoms with E-state index in [9.17, 15) is 0 Å². The fourth-order valence-corrected chi connectivity index (χ4v) is 9.72. The molecule has 0 N–H and O–H groups in total. The summed E-state index contributed by atoms with van der Waals surface area (Å²) in [5.41, 5.74) is 16.4. The summed E-state index contributed by atoms with van der Waals surface area (Å²) in [7, 11) is 0. The summed E-state index contributed by atoms with van der Waals surface area (Å²) in [6.45, 7) is 0. The van der Waals surface area contributed by atoms with Crippen LogP contribution >= 0.6 is 0 Å². The van der Waals surface area contributed by atoms with Gasteiger partial charge in [0.1, 0.15) is 17.0 Å². The van der Waals surface area contributed by atoms with E-state index in [4.69, 9.17) is 9.40 Å². The van der Waals surface area contributed by atoms with Crippen LogP contribution in [0.5, 0.6) is 0 Å². The van der Waals surface area contributed by atoms with Crippen LogP contribution in [0.3, 0.4) is 0 Å². The number of furan rings is 1. The molecule has 0 aliphatic carbocycles. The maximum absolute atomic E-state index is 6.23. The van der Waals surface area contributed by atoms with Gasteiger partial charge in [-0.15, -0.1) is 0 Å². The summed E-state index contributed by atoms with van der Waals surface area (Å²) in [5, 5.41) is 7.05. The second-order valence-corrected chi connectivity index (χ2v) is 16.4. The third kappa shape index (κ3) is 5.73. The summed E-state index contributed by atoms with van der Waals surface area (Å²) in [6.07, 6.45) is 0. The summed E-state index contributed by atoms with van der Waals surface area (Å²) in [5.74, 6) is 0.871. The Balaban J connectivity index is 1.05. The number of aromatic nitrogens is 3. The minimum atomic E-state index is 0.871. The van der Waals surface area contributed by atoms with Gasteiger partial charge in [0.25, 0.3) is 0 Å². The van der Waals surface area contributed by atoms with Gasteiger partial charge in [0.05, 0.1) is 27.8 Å². The Morgan fingerprint density at radius 3 is 1.54 bits per heavy atom. The summed E-state index contributed by atoms with van der Waals surface area (Å²) >= 11 is 0. The number of para-hydroxylation sites is 3. The third-order valence-corrected chi connectivity index (χ3v) is 12.7. The van der Waals surface area contributed by atoms with Crippen molar-refractivity contribution < 1.29 is 4.42 Å². The van der Waals surface area contributed by atoms with Gasteiger partial charge in [-0.1, -0.05) is 146 Å². The van der Waals surface area contributed by atoms with Crippen molar-refractivity contribution in [3.63, 3.8) is 0 Å². The summed E-state index contributed by atoms with van der Waals surface area (Å²) < 4.78 is 11.0. The maximum atomic E-state index is 6.23. The van der Waals surface area contributed by atoms with Crippen LogP contribution in [0.15, 0.2) is 229 Å². The molecule has 4 aromatic heterocycles. The highest BCUT2D eigenvalue weighted by Gasteiger charge is 2.19. The van der Waals surface area contributed by atoms with E-state index < -0.39 is 0 Å². The standard InChI is InChI=1S/C59H37N3O/c1-4-14-38(15-5-1)44-35-52(39-16-6-2-7-17-39)60-59(37-44)62-54-29-25-40(42-27-31-58-51(34-42)48-21-11-13-23-57(48)63-58)32-49(54)50-33-41(26-30-55(50)62)43-24-28-47-46-20-10-12-22-53(46)61(56(47)36-43)45-18-8-3-9-19-45/h1-37H. The van der Waals surface area contributed by atoms with Crippen molar-refractivity contribution >= 4 is 65.6 Å². The number of hydrogen-bond acceptors (Lipinski definition) is 2. The summed E-state index contributed by atoms with van der Waals surface area (Å²) in [4.78, 5) is 5.43. The molecule has 294 valence electrons. The lowest BCUT2D eigenvalue weighted by molar-refractivity contribution is 0.669. The maximum Gasteiger partial charge on any atom is 0.138 e. The van der Waals surface area contributed by atoms with E-state index >= 15 is 0 Å². The number of pyridine rings is 1. The lowest BCUT2D eigenvalue weighted by Crippen LogP contribution is -2.00. The highest BCUT2D eigenvalue weighted by atomic mass is 16.3. The zero-order chi connectivity index (χ0) is 41.4. The smallest absolute Gasteiger partial charge is 0.138 e. The second kappa shape index (κ2) is 14.1. The molecular weight excluding hydrogens is 767 g/mol. The number of fused-ring (bicyclic) bond motifs is 9. The topological polar surface area (TPSA) is 35.9 Å². The predicted octanol–water partition coefficient (Wildman–Crippen LogP) is 15.8. The molecule has 0 unspecified atom stereocenters. The first-order valence-electron chi connectivity index (χ1n) is 21.4. The fraction of sp³-hybridized carbons (Fsp3) is 0. The average Bonchev–Trinajstić information content (AvgIpc) is 4.01. The minimum Gasteiger partial charge on any atom is -0.456 e. The molecule has 0 bridgehead atoms. The van der Waals surface area contributed by atoms with Crippen molar-refractivity contribution in [2.45, 2.75) is 0 Å². The molecule has 13 aromatic rings. The van der Waals surface area contributed by atoms with E-state index in [1.54, 1.807) is 0 Å². The first kappa shape index (κ1) is 35.3. The quantitative estimate of drug-likeness (QED) is 0.168. The Kier molecular flexibility index (Phi) is 7.87. The van der Waals surface area contributed by atoms with Crippen LogP contribution < -0.4 is 0 Å². The van der Waals surface area contributed by atoms with E-state index in [2.05, 4.69) is 221 Å². The Morgan fingerprint density at radius 1 is 0.286 bits per heavy atom. The average molecular weight is 804 g/mol. The van der Waals surface area contributed by atoms with Crippen molar-refractivity contribution in [1.29, 1.82) is 0 Å². The van der Waals surface area contributed by atoms with E-state index in [1.807, 2.05) is 12.1 Å².